The molecule has 2 rings (SSSR count). The van der Waals surface area contributed by atoms with Crippen LogP contribution in [-0.2, 0) is 9.47 Å². The molecule has 0 aliphatic carbocycles. The minimum absolute atomic E-state index is 0.0377. The Balaban J connectivity index is 1.97. The highest BCUT2D eigenvalue weighted by atomic mass is 16.7. The van der Waals surface area contributed by atoms with Crippen LogP contribution in [0.2, 0.25) is 0 Å². The summed E-state index contributed by atoms with van der Waals surface area (Å²) in [6.07, 6.45) is 1.27. The van der Waals surface area contributed by atoms with Gasteiger partial charge in [-0.3, -0.25) is 0 Å². The fourth-order valence-electron chi connectivity index (χ4n) is 1.69. The van der Waals surface area contributed by atoms with Gasteiger partial charge in [-0.25, -0.2) is 9.78 Å². The van der Waals surface area contributed by atoms with Crippen LogP contribution in [0.1, 0.15) is 24.2 Å². The highest BCUT2D eigenvalue weighted by Gasteiger charge is 2.33. The Morgan fingerprint density at radius 1 is 1.67 bits per heavy atom. The third kappa shape index (κ3) is 2.96. The molecule has 1 N–H and O–H groups in total. The number of carboxylic acids is 1. The van der Waals surface area contributed by atoms with Crippen molar-refractivity contribution in [1.29, 1.82) is 0 Å². The van der Waals surface area contributed by atoms with Crippen LogP contribution in [0.3, 0.4) is 0 Å². The van der Waals surface area contributed by atoms with Gasteiger partial charge in [0.2, 0.25) is 5.88 Å². The van der Waals surface area contributed by atoms with Gasteiger partial charge in [0.15, 0.2) is 5.79 Å². The molecule has 6 heteroatoms. The van der Waals surface area contributed by atoms with Crippen LogP contribution in [0.5, 0.6) is 5.88 Å². The largest absolute Gasteiger partial charge is 0.477 e. The Hall–Kier alpha value is -1.66. The number of ether oxygens (including phenoxy) is 3. The van der Waals surface area contributed by atoms with E-state index in [1.807, 2.05) is 13.8 Å². The second-order valence-electron chi connectivity index (χ2n) is 4.42. The average molecular weight is 253 g/mol. The molecule has 1 atom stereocenters. The molecular weight excluding hydrogens is 238 g/mol. The molecule has 1 aromatic heterocycles. The molecule has 98 valence electrons. The van der Waals surface area contributed by atoms with Crippen molar-refractivity contribution < 1.29 is 24.1 Å². The summed E-state index contributed by atoms with van der Waals surface area (Å²) in [6, 6.07) is 3.00. The minimum atomic E-state index is -1.07. The predicted molar refractivity (Wildman–Crippen MR) is 61.6 cm³/mol. The van der Waals surface area contributed by atoms with Crippen molar-refractivity contribution in [2.45, 2.75) is 25.7 Å². The first-order valence-corrected chi connectivity index (χ1v) is 5.61. The molecular formula is C12H15NO5. The maximum Gasteiger partial charge on any atom is 0.341 e. The summed E-state index contributed by atoms with van der Waals surface area (Å²) >= 11 is 0. The van der Waals surface area contributed by atoms with Gasteiger partial charge in [-0.15, -0.1) is 0 Å². The second kappa shape index (κ2) is 4.91. The number of aromatic carboxylic acids is 1. The number of pyridine rings is 1. The molecule has 1 fully saturated rings. The number of aromatic nitrogens is 1. The Morgan fingerprint density at radius 3 is 3.06 bits per heavy atom. The highest BCUT2D eigenvalue weighted by Crippen LogP contribution is 2.23. The molecule has 0 bridgehead atoms. The van der Waals surface area contributed by atoms with Crippen LogP contribution in [-0.4, -0.2) is 41.2 Å². The fourth-order valence-corrected chi connectivity index (χ4v) is 1.69. The summed E-state index contributed by atoms with van der Waals surface area (Å²) in [5.74, 6) is -1.59. The van der Waals surface area contributed by atoms with Crippen molar-refractivity contribution in [2.75, 3.05) is 13.2 Å². The van der Waals surface area contributed by atoms with E-state index >= 15 is 0 Å². The molecule has 1 aliphatic heterocycles. The standard InChI is InChI=1S/C12H15NO5/c1-12(2)17-7-8(18-12)6-16-10-9(11(14)15)4-3-5-13-10/h3-5,8H,6-7H2,1-2H3,(H,14,15). The molecule has 0 radical (unpaired) electrons. The molecule has 1 saturated heterocycles. The lowest BCUT2D eigenvalue weighted by Gasteiger charge is -2.17. The zero-order valence-corrected chi connectivity index (χ0v) is 10.3. The number of nitrogens with zero attached hydrogens (tertiary/aromatic N) is 1. The van der Waals surface area contributed by atoms with Crippen LogP contribution in [0, 0.1) is 0 Å². The van der Waals surface area contributed by atoms with Crippen molar-refractivity contribution >= 4 is 5.97 Å². The van der Waals surface area contributed by atoms with E-state index in [2.05, 4.69) is 4.98 Å². The van der Waals surface area contributed by atoms with E-state index in [0.29, 0.717) is 6.61 Å². The van der Waals surface area contributed by atoms with Gasteiger partial charge in [-0.2, -0.15) is 0 Å². The summed E-state index contributed by atoms with van der Waals surface area (Å²) in [6.45, 7) is 4.26. The summed E-state index contributed by atoms with van der Waals surface area (Å²) < 4.78 is 16.3. The fraction of sp³-hybridized carbons (Fsp3) is 0.500. The molecule has 0 aromatic carbocycles. The van der Waals surface area contributed by atoms with Gasteiger partial charge in [0.25, 0.3) is 0 Å². The van der Waals surface area contributed by atoms with E-state index in [9.17, 15) is 4.79 Å². The smallest absolute Gasteiger partial charge is 0.341 e. The first-order valence-electron chi connectivity index (χ1n) is 5.61. The van der Waals surface area contributed by atoms with Crippen molar-refractivity contribution in [1.82, 2.24) is 4.98 Å². The Morgan fingerprint density at radius 2 is 2.44 bits per heavy atom. The van der Waals surface area contributed by atoms with Gasteiger partial charge in [-0.1, -0.05) is 0 Å². The van der Waals surface area contributed by atoms with E-state index in [-0.39, 0.29) is 24.2 Å². The van der Waals surface area contributed by atoms with E-state index in [1.165, 1.54) is 12.3 Å². The monoisotopic (exact) mass is 253 g/mol. The third-order valence-electron chi connectivity index (χ3n) is 2.47. The molecule has 1 aliphatic rings. The first-order chi connectivity index (χ1) is 8.48. The van der Waals surface area contributed by atoms with Crippen molar-refractivity contribution in [3.05, 3.63) is 23.9 Å². The maximum absolute atomic E-state index is 10.9. The van der Waals surface area contributed by atoms with Gasteiger partial charge in [-0.05, 0) is 26.0 Å². The number of rotatable bonds is 4. The predicted octanol–water partition coefficient (Wildman–Crippen LogP) is 1.31. The molecule has 1 aromatic rings. The molecule has 0 saturated carbocycles. The second-order valence-corrected chi connectivity index (χ2v) is 4.42. The lowest BCUT2D eigenvalue weighted by atomic mass is 10.3. The molecule has 0 spiro atoms. The van der Waals surface area contributed by atoms with Crippen LogP contribution < -0.4 is 4.74 Å². The maximum atomic E-state index is 10.9. The molecule has 0 amide bonds. The minimum Gasteiger partial charge on any atom is -0.477 e. The third-order valence-corrected chi connectivity index (χ3v) is 2.47. The lowest BCUT2D eigenvalue weighted by Crippen LogP contribution is -2.25. The van der Waals surface area contributed by atoms with Gasteiger partial charge < -0.3 is 19.3 Å². The first kappa shape index (κ1) is 12.8. The van der Waals surface area contributed by atoms with Gasteiger partial charge >= 0.3 is 5.97 Å². The highest BCUT2D eigenvalue weighted by molar-refractivity contribution is 5.90. The van der Waals surface area contributed by atoms with Crippen LogP contribution >= 0.6 is 0 Å². The zero-order chi connectivity index (χ0) is 13.2. The molecule has 18 heavy (non-hydrogen) atoms. The van der Waals surface area contributed by atoms with Gasteiger partial charge in [0.05, 0.1) is 6.61 Å². The molecule has 1 unspecified atom stereocenters. The molecule has 6 nitrogen and oxygen atoms in total. The van der Waals surface area contributed by atoms with E-state index in [1.54, 1.807) is 6.07 Å². The quantitative estimate of drug-likeness (QED) is 0.871. The van der Waals surface area contributed by atoms with Crippen LogP contribution in [0.4, 0.5) is 0 Å². The lowest BCUT2D eigenvalue weighted by molar-refractivity contribution is -0.141. The Bertz CT molecular complexity index is 446. The van der Waals surface area contributed by atoms with E-state index < -0.39 is 11.8 Å². The number of carboxylic acid groups (broad SMARTS) is 1. The van der Waals surface area contributed by atoms with Crippen LogP contribution in [0.15, 0.2) is 18.3 Å². The van der Waals surface area contributed by atoms with Gasteiger partial charge in [0, 0.05) is 6.20 Å². The topological polar surface area (TPSA) is 77.9 Å². The average Bonchev–Trinajstić information content (AvgIpc) is 2.66. The zero-order valence-electron chi connectivity index (χ0n) is 10.3. The SMILES string of the molecule is CC1(C)OCC(COc2ncccc2C(=O)O)O1. The van der Waals surface area contributed by atoms with Crippen molar-refractivity contribution in [3.63, 3.8) is 0 Å². The molecule has 2 heterocycles. The van der Waals surface area contributed by atoms with Gasteiger partial charge in [0.1, 0.15) is 18.3 Å². The summed E-state index contributed by atoms with van der Waals surface area (Å²) in [7, 11) is 0. The Kier molecular flexibility index (Phi) is 3.49. The van der Waals surface area contributed by atoms with Crippen LogP contribution in [0.25, 0.3) is 0 Å². The normalized spacial score (nSPS) is 21.8. The van der Waals surface area contributed by atoms with E-state index in [4.69, 9.17) is 19.3 Å². The summed E-state index contributed by atoms with van der Waals surface area (Å²) in [5, 5.41) is 8.96. The van der Waals surface area contributed by atoms with E-state index in [0.717, 1.165) is 0 Å². The summed E-state index contributed by atoms with van der Waals surface area (Å²) in [5.41, 5.74) is 0.0377. The number of hydrogen-bond acceptors (Lipinski definition) is 5. The number of carbonyl (C=O) groups is 1. The number of hydrogen-bond donors (Lipinski definition) is 1. The Labute approximate surface area is 104 Å². The van der Waals surface area contributed by atoms with Crippen molar-refractivity contribution in [2.24, 2.45) is 0 Å². The van der Waals surface area contributed by atoms with Crippen molar-refractivity contribution in [3.8, 4) is 5.88 Å². The summed E-state index contributed by atoms with van der Waals surface area (Å²) in [4.78, 5) is 14.8.